The van der Waals surface area contributed by atoms with Crippen molar-refractivity contribution in [3.8, 4) is 0 Å². The average Bonchev–Trinajstić information content (AvgIpc) is 3.42. The van der Waals surface area contributed by atoms with Crippen LogP contribution in [-0.2, 0) is 0 Å². The number of alkyl halides is 4. The van der Waals surface area contributed by atoms with E-state index in [1.54, 1.807) is 67.3 Å². The molecule has 0 aliphatic carbocycles. The van der Waals surface area contributed by atoms with Gasteiger partial charge >= 0.3 is 0 Å². The summed E-state index contributed by atoms with van der Waals surface area (Å²) in [5.74, 6) is -3.56. The molecular weight excluding hydrogens is 1040 g/mol. The van der Waals surface area contributed by atoms with Gasteiger partial charge in [0.05, 0.1) is 71.7 Å². The number of halogens is 4. The number of aliphatic hydroxyl groups is 4. The lowest BCUT2D eigenvalue weighted by Gasteiger charge is -2.29. The average molecular weight is 1120 g/mol. The van der Waals surface area contributed by atoms with Crippen LogP contribution in [0.4, 0.5) is 64.6 Å². The predicted octanol–water partition coefficient (Wildman–Crippen LogP) is 6.55. The zero-order valence-electron chi connectivity index (χ0n) is 45.1. The van der Waals surface area contributed by atoms with Crippen molar-refractivity contribution in [2.45, 2.75) is 115 Å². The second kappa shape index (κ2) is 28.5. The molecule has 8 heterocycles. The first-order valence-electron chi connectivity index (χ1n) is 25.4. The number of nitrogens with one attached hydrogen (secondary N) is 4. The van der Waals surface area contributed by atoms with Crippen LogP contribution in [-0.4, -0.2) is 142 Å². The summed E-state index contributed by atoms with van der Waals surface area (Å²) < 4.78 is 52.7. The van der Waals surface area contributed by atoms with Crippen molar-refractivity contribution in [3.05, 3.63) is 86.0 Å². The number of rotatable bonds is 22. The number of fused-ring (bicyclic) bond motifs is 4. The Hall–Kier alpha value is -8.34. The van der Waals surface area contributed by atoms with E-state index in [1.165, 1.54) is 6.92 Å². The van der Waals surface area contributed by atoms with Crippen LogP contribution in [0.2, 0.25) is 0 Å². The van der Waals surface area contributed by atoms with E-state index in [9.17, 15) is 38.0 Å². The molecule has 0 amide bonds. The Morgan fingerprint density at radius 3 is 1.24 bits per heavy atom. The highest BCUT2D eigenvalue weighted by Crippen LogP contribution is 2.29. The Bertz CT molecular complexity index is 3280. The van der Waals surface area contributed by atoms with Crippen LogP contribution in [0.1, 0.15) is 79.6 Å². The van der Waals surface area contributed by atoms with Crippen LogP contribution in [0.5, 0.6) is 0 Å². The topological polar surface area (TPSA) is 388 Å². The molecule has 0 spiro atoms. The fourth-order valence-electron chi connectivity index (χ4n) is 7.78. The van der Waals surface area contributed by atoms with Crippen LogP contribution in [0.15, 0.2) is 86.0 Å². The number of hydrogen-bond donors (Lipinski definition) is 12. The summed E-state index contributed by atoms with van der Waals surface area (Å²) in [5, 5.41) is 49.8. The second-order valence-corrected chi connectivity index (χ2v) is 19.2. The molecule has 8 rings (SSSR count). The first kappa shape index (κ1) is 62.5. The Labute approximate surface area is 458 Å². The van der Waals surface area contributed by atoms with Gasteiger partial charge in [-0.15, -0.1) is 6.58 Å². The van der Waals surface area contributed by atoms with Crippen LogP contribution in [0.3, 0.4) is 0 Å². The third-order valence-corrected chi connectivity index (χ3v) is 11.9. The number of aromatic nitrogens is 12. The Balaban J connectivity index is 0.000000196. The van der Waals surface area contributed by atoms with Gasteiger partial charge in [0.1, 0.15) is 22.1 Å². The molecule has 0 aromatic carbocycles. The van der Waals surface area contributed by atoms with Crippen molar-refractivity contribution in [3.63, 3.8) is 0 Å². The predicted molar refractivity (Wildman–Crippen MR) is 304 cm³/mol. The van der Waals surface area contributed by atoms with Crippen molar-refractivity contribution in [2.24, 2.45) is 0 Å². The summed E-state index contributed by atoms with van der Waals surface area (Å²) in [6.07, 6.45) is 9.52. The van der Waals surface area contributed by atoms with Gasteiger partial charge in [0.2, 0.25) is 35.6 Å². The van der Waals surface area contributed by atoms with Crippen molar-refractivity contribution in [2.75, 3.05) is 70.6 Å². The molecule has 16 N–H and O–H groups in total. The van der Waals surface area contributed by atoms with Crippen molar-refractivity contribution >= 4 is 91.2 Å². The molecule has 0 saturated carbocycles. The van der Waals surface area contributed by atoms with Crippen molar-refractivity contribution in [1.29, 1.82) is 0 Å². The number of nitrogens with two attached hydrogens (primary N) is 4. The SMILES string of the molecule is C=CC[C@@](C)(CO)Nc1nc(N)nc2cccnc12.CC(F)(F)CC[C@H](CO)Nc1nc(N)nc2cccnc12.CCC(F)(F)C[C@H](CO)Nc1nc(N)nc2cccnc12.CCC[C@@](C)(CO)Nc1nc(N)nc2cccnc12. The molecular formula is C52H70F4N20O4. The molecule has 0 unspecified atom stereocenters. The van der Waals surface area contributed by atoms with Crippen LogP contribution in [0.25, 0.3) is 44.1 Å². The van der Waals surface area contributed by atoms with Crippen molar-refractivity contribution < 1.29 is 38.0 Å². The third-order valence-electron chi connectivity index (χ3n) is 11.9. The fourth-order valence-corrected chi connectivity index (χ4v) is 7.78. The Morgan fingerprint density at radius 1 is 0.537 bits per heavy atom. The molecule has 4 atom stereocenters. The zero-order chi connectivity index (χ0) is 58.7. The van der Waals surface area contributed by atoms with Crippen LogP contribution in [0, 0.1) is 0 Å². The zero-order valence-corrected chi connectivity index (χ0v) is 45.1. The highest BCUT2D eigenvalue weighted by molar-refractivity contribution is 5.88. The first-order chi connectivity index (χ1) is 38.0. The van der Waals surface area contributed by atoms with Gasteiger partial charge in [-0.25, -0.2) is 37.5 Å². The molecule has 24 nitrogen and oxygen atoms in total. The normalized spacial score (nSPS) is 13.7. The summed E-state index contributed by atoms with van der Waals surface area (Å²) in [4.78, 5) is 49.5. The van der Waals surface area contributed by atoms with Gasteiger partial charge < -0.3 is 64.6 Å². The Morgan fingerprint density at radius 2 is 0.900 bits per heavy atom. The molecule has 430 valence electrons. The van der Waals surface area contributed by atoms with E-state index in [0.29, 0.717) is 68.0 Å². The van der Waals surface area contributed by atoms with Crippen LogP contribution < -0.4 is 44.2 Å². The smallest absolute Gasteiger partial charge is 0.249 e. The summed E-state index contributed by atoms with van der Waals surface area (Å²) in [7, 11) is 0. The lowest BCUT2D eigenvalue weighted by molar-refractivity contribution is -0.0198. The van der Waals surface area contributed by atoms with E-state index < -0.39 is 48.0 Å². The van der Waals surface area contributed by atoms with Gasteiger partial charge in [0.15, 0.2) is 23.3 Å². The summed E-state index contributed by atoms with van der Waals surface area (Å²) in [6, 6.07) is 12.6. The first-order valence-corrected chi connectivity index (χ1v) is 25.4. The lowest BCUT2D eigenvalue weighted by Crippen LogP contribution is -2.39. The van der Waals surface area contributed by atoms with Crippen molar-refractivity contribution in [1.82, 2.24) is 59.8 Å². The minimum Gasteiger partial charge on any atom is -0.394 e. The number of anilines is 8. The lowest BCUT2D eigenvalue weighted by atomic mass is 9.97. The number of nitrogens with zero attached hydrogens (tertiary/aromatic N) is 12. The molecule has 0 saturated heterocycles. The van der Waals surface area contributed by atoms with Gasteiger partial charge in [-0.3, -0.25) is 19.9 Å². The number of nitrogen functional groups attached to an aromatic ring is 4. The molecule has 28 heteroatoms. The second-order valence-electron chi connectivity index (χ2n) is 19.2. The quantitative estimate of drug-likeness (QED) is 0.0253. The molecule has 0 aliphatic heterocycles. The summed E-state index contributed by atoms with van der Waals surface area (Å²) in [5.41, 5.74) is 26.2. The van der Waals surface area contributed by atoms with Gasteiger partial charge in [-0.05, 0) is 88.6 Å². The minimum atomic E-state index is -2.86. The minimum absolute atomic E-state index is 0.0111. The van der Waals surface area contributed by atoms with Gasteiger partial charge in [0.25, 0.3) is 0 Å². The van der Waals surface area contributed by atoms with Gasteiger partial charge in [-0.2, -0.15) is 19.9 Å². The maximum atomic E-state index is 13.5. The summed E-state index contributed by atoms with van der Waals surface area (Å²) >= 11 is 0. The molecule has 0 bridgehead atoms. The van der Waals surface area contributed by atoms with Crippen LogP contribution >= 0.6 is 0 Å². The molecule has 0 aliphatic rings. The molecule has 80 heavy (non-hydrogen) atoms. The van der Waals surface area contributed by atoms with E-state index in [4.69, 9.17) is 22.9 Å². The molecule has 0 radical (unpaired) electrons. The Kier molecular flexibility index (Phi) is 22.3. The standard InChI is InChI=1S/2C13H17F2N5O.C13H19N5O.C13H17N5O/c1-13(14,15)5-4-8(7-21)18-11-10-9(3-2-6-17-10)19-12(16)20-11;1-2-13(14,15)6-8(7-21)18-11-10-9(4-3-5-17-10)19-12(16)20-11;2*1-3-6-13(2,8-19)18-11-10-9(5-4-7-15-10)16-12(14)17-11/h2-3,6,8,21H,4-5,7H2,1H3,(H3,16,18,19,20);3-5,8,21H,2,6-7H2,1H3,(H3,16,18,19,20);4-5,7,19H,3,6,8H2,1-2H3,(H3,14,16,17,18);3-5,7,19H,1,6,8H2,2H3,(H3,14,16,17,18)/t2*8-;2*13-/m1100/s1. The van der Waals surface area contributed by atoms with Gasteiger partial charge in [0, 0.05) is 44.0 Å². The number of hydrogen-bond acceptors (Lipinski definition) is 24. The third kappa shape index (κ3) is 18.4. The van der Waals surface area contributed by atoms with Gasteiger partial charge in [-0.1, -0.05) is 26.3 Å². The molecule has 8 aromatic heterocycles. The largest absolute Gasteiger partial charge is 0.394 e. The highest BCUT2D eigenvalue weighted by Gasteiger charge is 2.31. The number of aliphatic hydroxyl groups excluding tert-OH is 4. The molecule has 0 fully saturated rings. The number of pyridine rings is 4. The monoisotopic (exact) mass is 1110 g/mol. The fraction of sp³-hybridized carbons (Fsp3) is 0.423. The van der Waals surface area contributed by atoms with E-state index in [1.807, 2.05) is 26.0 Å². The molecule has 8 aromatic rings. The van der Waals surface area contributed by atoms with E-state index in [-0.39, 0.29) is 68.7 Å². The van der Waals surface area contributed by atoms with E-state index in [2.05, 4.69) is 94.6 Å². The maximum Gasteiger partial charge on any atom is 0.249 e. The highest BCUT2D eigenvalue weighted by atomic mass is 19.3. The van der Waals surface area contributed by atoms with E-state index >= 15 is 0 Å². The van der Waals surface area contributed by atoms with E-state index in [0.717, 1.165) is 19.8 Å². The maximum absolute atomic E-state index is 13.5. The summed E-state index contributed by atoms with van der Waals surface area (Å²) in [6.45, 7) is 11.0.